The van der Waals surface area contributed by atoms with E-state index in [4.69, 9.17) is 18.6 Å². The lowest BCUT2D eigenvalue weighted by atomic mass is 10.2. The summed E-state index contributed by atoms with van der Waals surface area (Å²) in [6, 6.07) is 8.62. The standard InChI is InChI=1S/C23H24N4O6S/c1-13-8-16-20(24-13)22(29)27(11-15-6-5-7-33-15)23(26-16)34-12-19(28)25-14-9-17(30-2)21(32-4)18(10-14)31-3/h5-10,24H,11-12H2,1-4H3,(H,25,28). The number of carbonyl (C=O) groups is 1. The Morgan fingerprint density at radius 1 is 1.18 bits per heavy atom. The molecular formula is C23H24N4O6S. The number of nitrogens with one attached hydrogen (secondary N) is 2. The van der Waals surface area contributed by atoms with Gasteiger partial charge in [-0.15, -0.1) is 0 Å². The van der Waals surface area contributed by atoms with Crippen molar-refractivity contribution < 1.29 is 23.4 Å². The fourth-order valence-corrected chi connectivity index (χ4v) is 4.30. The molecule has 3 heterocycles. The minimum Gasteiger partial charge on any atom is -0.493 e. The van der Waals surface area contributed by atoms with Gasteiger partial charge < -0.3 is 28.9 Å². The van der Waals surface area contributed by atoms with Gasteiger partial charge >= 0.3 is 0 Å². The molecule has 1 aromatic carbocycles. The molecule has 2 N–H and O–H groups in total. The van der Waals surface area contributed by atoms with Crippen LogP contribution in [0, 0.1) is 6.92 Å². The smallest absolute Gasteiger partial charge is 0.278 e. The number of aromatic amines is 1. The minimum absolute atomic E-state index is 0.0240. The summed E-state index contributed by atoms with van der Waals surface area (Å²) in [5, 5.41) is 3.23. The highest BCUT2D eigenvalue weighted by Gasteiger charge is 2.18. The Morgan fingerprint density at radius 3 is 2.53 bits per heavy atom. The SMILES string of the molecule is COc1cc(NC(=O)CSc2nc3cc(C)[nH]c3c(=O)n2Cc2ccco2)cc(OC)c1OC. The second-order valence-electron chi connectivity index (χ2n) is 7.33. The van der Waals surface area contributed by atoms with Crippen LogP contribution in [0.1, 0.15) is 11.5 Å². The van der Waals surface area contributed by atoms with E-state index in [-0.39, 0.29) is 23.8 Å². The zero-order valence-corrected chi connectivity index (χ0v) is 19.9. The number of fused-ring (bicyclic) bond motifs is 1. The Hall–Kier alpha value is -3.86. The van der Waals surface area contributed by atoms with Crippen molar-refractivity contribution in [2.75, 3.05) is 32.4 Å². The Balaban J connectivity index is 1.57. The van der Waals surface area contributed by atoms with Crippen molar-refractivity contribution in [3.63, 3.8) is 0 Å². The van der Waals surface area contributed by atoms with Crippen molar-refractivity contribution in [2.24, 2.45) is 0 Å². The second-order valence-corrected chi connectivity index (χ2v) is 8.27. The number of methoxy groups -OCH3 is 3. The highest BCUT2D eigenvalue weighted by Crippen LogP contribution is 2.40. The van der Waals surface area contributed by atoms with Crippen LogP contribution in [0.15, 0.2) is 51.0 Å². The molecule has 3 aromatic heterocycles. The molecule has 0 fully saturated rings. The summed E-state index contributed by atoms with van der Waals surface area (Å²) in [5.41, 5.74) is 2.03. The number of benzene rings is 1. The van der Waals surface area contributed by atoms with Gasteiger partial charge in [-0.25, -0.2) is 4.98 Å². The van der Waals surface area contributed by atoms with Crippen LogP contribution >= 0.6 is 11.8 Å². The molecule has 178 valence electrons. The van der Waals surface area contributed by atoms with Gasteiger partial charge in [0.05, 0.1) is 45.4 Å². The molecule has 0 aliphatic rings. The van der Waals surface area contributed by atoms with Crippen molar-refractivity contribution >= 4 is 34.4 Å². The maximum Gasteiger partial charge on any atom is 0.278 e. The van der Waals surface area contributed by atoms with Crippen LogP contribution < -0.4 is 25.1 Å². The van der Waals surface area contributed by atoms with E-state index >= 15 is 0 Å². The van der Waals surface area contributed by atoms with Gasteiger partial charge in [-0.1, -0.05) is 11.8 Å². The predicted octanol–water partition coefficient (Wildman–Crippen LogP) is 3.43. The van der Waals surface area contributed by atoms with E-state index in [0.717, 1.165) is 17.5 Å². The highest BCUT2D eigenvalue weighted by molar-refractivity contribution is 7.99. The van der Waals surface area contributed by atoms with Gasteiger partial charge in [0, 0.05) is 23.5 Å². The third-order valence-electron chi connectivity index (χ3n) is 5.01. The Labute approximate surface area is 199 Å². The van der Waals surface area contributed by atoms with Crippen molar-refractivity contribution in [3.8, 4) is 17.2 Å². The first kappa shape index (κ1) is 23.3. The monoisotopic (exact) mass is 484 g/mol. The maximum atomic E-state index is 13.1. The number of aryl methyl sites for hydroxylation is 1. The minimum atomic E-state index is -0.289. The van der Waals surface area contributed by atoms with Crippen LogP contribution in [0.3, 0.4) is 0 Å². The van der Waals surface area contributed by atoms with Crippen LogP contribution in [-0.2, 0) is 11.3 Å². The van der Waals surface area contributed by atoms with E-state index in [1.807, 2.05) is 6.92 Å². The third kappa shape index (κ3) is 4.74. The highest BCUT2D eigenvalue weighted by atomic mass is 32.2. The average Bonchev–Trinajstić information content (AvgIpc) is 3.48. The molecule has 0 saturated carbocycles. The molecule has 10 nitrogen and oxygen atoms in total. The number of amides is 1. The molecule has 4 aromatic rings. The first-order valence-electron chi connectivity index (χ1n) is 10.3. The van der Waals surface area contributed by atoms with Gasteiger partial charge in [0.2, 0.25) is 11.7 Å². The van der Waals surface area contributed by atoms with Crippen LogP contribution in [-0.4, -0.2) is 47.5 Å². The summed E-state index contributed by atoms with van der Waals surface area (Å²) >= 11 is 1.16. The Kier molecular flexibility index (Phi) is 6.82. The van der Waals surface area contributed by atoms with Gasteiger partial charge in [-0.2, -0.15) is 0 Å². The summed E-state index contributed by atoms with van der Waals surface area (Å²) in [6.45, 7) is 2.05. The van der Waals surface area contributed by atoms with Crippen molar-refractivity contribution in [2.45, 2.75) is 18.6 Å². The number of thioether (sulfide) groups is 1. The summed E-state index contributed by atoms with van der Waals surface area (Å²) in [6.07, 6.45) is 1.54. The van der Waals surface area contributed by atoms with Crippen LogP contribution in [0.4, 0.5) is 5.69 Å². The fraction of sp³-hybridized carbons (Fsp3) is 0.261. The number of rotatable bonds is 9. The lowest BCUT2D eigenvalue weighted by molar-refractivity contribution is -0.113. The average molecular weight is 485 g/mol. The fourth-order valence-electron chi connectivity index (χ4n) is 3.50. The molecule has 1 amide bonds. The number of H-pyrrole nitrogens is 1. The molecular weight excluding hydrogens is 460 g/mol. The molecule has 0 radical (unpaired) electrons. The Morgan fingerprint density at radius 2 is 1.91 bits per heavy atom. The van der Waals surface area contributed by atoms with Crippen molar-refractivity contribution in [1.29, 1.82) is 0 Å². The largest absolute Gasteiger partial charge is 0.493 e. The summed E-state index contributed by atoms with van der Waals surface area (Å²) in [5.74, 6) is 1.62. The lowest BCUT2D eigenvalue weighted by Crippen LogP contribution is -2.24. The first-order chi connectivity index (χ1) is 16.4. The number of hydrogen-bond donors (Lipinski definition) is 2. The van der Waals surface area contributed by atoms with Gasteiger partial charge in [0.25, 0.3) is 5.56 Å². The predicted molar refractivity (Wildman–Crippen MR) is 128 cm³/mol. The van der Waals surface area contributed by atoms with E-state index in [9.17, 15) is 9.59 Å². The zero-order valence-electron chi connectivity index (χ0n) is 19.1. The van der Waals surface area contributed by atoms with E-state index in [1.165, 1.54) is 25.9 Å². The quantitative estimate of drug-likeness (QED) is 0.274. The molecule has 0 aliphatic carbocycles. The maximum absolute atomic E-state index is 13.1. The Bertz CT molecular complexity index is 1350. The summed E-state index contributed by atoms with van der Waals surface area (Å²) in [7, 11) is 4.51. The third-order valence-corrected chi connectivity index (χ3v) is 5.99. The molecule has 0 atom stereocenters. The summed E-state index contributed by atoms with van der Waals surface area (Å²) < 4.78 is 22.9. The van der Waals surface area contributed by atoms with Crippen LogP contribution in [0.2, 0.25) is 0 Å². The number of carbonyl (C=O) groups excluding carboxylic acids is 1. The van der Waals surface area contributed by atoms with Crippen LogP contribution in [0.5, 0.6) is 17.2 Å². The van der Waals surface area contributed by atoms with Crippen molar-refractivity contribution in [3.05, 3.63) is 58.4 Å². The van der Waals surface area contributed by atoms with E-state index < -0.39 is 0 Å². The number of aromatic nitrogens is 3. The van der Waals surface area contributed by atoms with Gasteiger partial charge in [-0.3, -0.25) is 14.2 Å². The molecule has 0 aliphatic heterocycles. The van der Waals surface area contributed by atoms with Crippen LogP contribution in [0.25, 0.3) is 11.0 Å². The molecule has 4 rings (SSSR count). The molecule has 34 heavy (non-hydrogen) atoms. The number of anilines is 1. The number of hydrogen-bond acceptors (Lipinski definition) is 8. The molecule has 0 unspecified atom stereocenters. The molecule has 0 spiro atoms. The van der Waals surface area contributed by atoms with Crippen molar-refractivity contribution in [1.82, 2.24) is 14.5 Å². The van der Waals surface area contributed by atoms with E-state index in [0.29, 0.717) is 44.9 Å². The van der Waals surface area contributed by atoms with Gasteiger partial charge in [-0.05, 0) is 25.1 Å². The normalized spacial score (nSPS) is 10.9. The first-order valence-corrected chi connectivity index (χ1v) is 11.3. The number of furan rings is 1. The topological polar surface area (TPSA) is 121 Å². The van der Waals surface area contributed by atoms with Gasteiger partial charge in [0.1, 0.15) is 11.3 Å². The van der Waals surface area contributed by atoms with Gasteiger partial charge in [0.15, 0.2) is 16.7 Å². The number of nitrogens with zero attached hydrogens (tertiary/aromatic N) is 2. The zero-order chi connectivity index (χ0) is 24.2. The molecule has 11 heteroatoms. The lowest BCUT2D eigenvalue weighted by Gasteiger charge is -2.15. The molecule has 0 saturated heterocycles. The van der Waals surface area contributed by atoms with E-state index in [2.05, 4.69) is 15.3 Å². The summed E-state index contributed by atoms with van der Waals surface area (Å²) in [4.78, 5) is 33.5. The second kappa shape index (κ2) is 9.96. The molecule has 0 bridgehead atoms. The van der Waals surface area contributed by atoms with E-state index in [1.54, 1.807) is 36.6 Å². The number of ether oxygens (including phenoxy) is 3.